The minimum absolute atomic E-state index is 0.0393. The van der Waals surface area contributed by atoms with Crippen LogP contribution in [0.4, 0.5) is 11.4 Å². The van der Waals surface area contributed by atoms with Crippen molar-refractivity contribution >= 4 is 11.4 Å². The SMILES string of the molecule is CCCC(C)(C)Nc1ccc(N)c(C#N)c1. The van der Waals surface area contributed by atoms with Crippen molar-refractivity contribution in [2.75, 3.05) is 11.1 Å². The molecule has 16 heavy (non-hydrogen) atoms. The van der Waals surface area contributed by atoms with Gasteiger partial charge in [0.1, 0.15) is 6.07 Å². The third-order valence-corrected chi connectivity index (χ3v) is 2.53. The van der Waals surface area contributed by atoms with E-state index in [9.17, 15) is 0 Å². The van der Waals surface area contributed by atoms with Crippen LogP contribution in [0.3, 0.4) is 0 Å². The Morgan fingerprint density at radius 3 is 2.69 bits per heavy atom. The Morgan fingerprint density at radius 2 is 2.12 bits per heavy atom. The van der Waals surface area contributed by atoms with Gasteiger partial charge in [-0.15, -0.1) is 0 Å². The molecule has 1 rings (SSSR count). The zero-order valence-corrected chi connectivity index (χ0v) is 10.2. The molecule has 0 aromatic heterocycles. The van der Waals surface area contributed by atoms with Crippen molar-refractivity contribution in [3.63, 3.8) is 0 Å². The van der Waals surface area contributed by atoms with Gasteiger partial charge in [0.05, 0.1) is 5.56 Å². The normalized spacial score (nSPS) is 10.9. The molecule has 0 bridgehead atoms. The smallest absolute Gasteiger partial charge is 0.101 e. The molecule has 0 aliphatic heterocycles. The van der Waals surface area contributed by atoms with Crippen molar-refractivity contribution < 1.29 is 0 Å². The van der Waals surface area contributed by atoms with Crippen molar-refractivity contribution in [1.82, 2.24) is 0 Å². The van der Waals surface area contributed by atoms with Crippen LogP contribution in [0.25, 0.3) is 0 Å². The third kappa shape index (κ3) is 3.16. The zero-order chi connectivity index (χ0) is 12.2. The second kappa shape index (κ2) is 4.89. The number of hydrogen-bond acceptors (Lipinski definition) is 3. The molecule has 0 aliphatic rings. The first kappa shape index (κ1) is 12.4. The van der Waals surface area contributed by atoms with E-state index in [0.29, 0.717) is 11.3 Å². The summed E-state index contributed by atoms with van der Waals surface area (Å²) in [5.41, 5.74) is 7.71. The molecule has 86 valence electrons. The number of nitrogens with two attached hydrogens (primary N) is 1. The van der Waals surface area contributed by atoms with E-state index in [1.165, 1.54) is 0 Å². The summed E-state index contributed by atoms with van der Waals surface area (Å²) in [6.45, 7) is 6.46. The predicted molar refractivity (Wildman–Crippen MR) is 68.2 cm³/mol. The lowest BCUT2D eigenvalue weighted by atomic mass is 9.98. The molecule has 3 N–H and O–H groups in total. The van der Waals surface area contributed by atoms with Crippen LogP contribution in [-0.4, -0.2) is 5.54 Å². The van der Waals surface area contributed by atoms with Crippen LogP contribution < -0.4 is 11.1 Å². The van der Waals surface area contributed by atoms with E-state index >= 15 is 0 Å². The van der Waals surface area contributed by atoms with Crippen LogP contribution in [0.1, 0.15) is 39.2 Å². The van der Waals surface area contributed by atoms with Crippen LogP contribution in [0, 0.1) is 11.3 Å². The van der Waals surface area contributed by atoms with Crippen LogP contribution in [-0.2, 0) is 0 Å². The lowest BCUT2D eigenvalue weighted by molar-refractivity contribution is 0.511. The van der Waals surface area contributed by atoms with E-state index in [4.69, 9.17) is 11.0 Å². The van der Waals surface area contributed by atoms with Gasteiger partial charge in [-0.25, -0.2) is 0 Å². The molecule has 0 spiro atoms. The van der Waals surface area contributed by atoms with Gasteiger partial charge < -0.3 is 11.1 Å². The lowest BCUT2D eigenvalue weighted by Gasteiger charge is -2.27. The fourth-order valence-electron chi connectivity index (χ4n) is 1.81. The Bertz CT molecular complexity index is 402. The molecule has 1 aromatic carbocycles. The summed E-state index contributed by atoms with van der Waals surface area (Å²) < 4.78 is 0. The van der Waals surface area contributed by atoms with Gasteiger partial charge in [0.15, 0.2) is 0 Å². The van der Waals surface area contributed by atoms with Crippen molar-refractivity contribution in [2.24, 2.45) is 0 Å². The second-order valence-electron chi connectivity index (χ2n) is 4.67. The minimum Gasteiger partial charge on any atom is -0.398 e. The Labute approximate surface area is 97.3 Å². The topological polar surface area (TPSA) is 61.8 Å². The van der Waals surface area contributed by atoms with Gasteiger partial charge in [-0.1, -0.05) is 13.3 Å². The minimum atomic E-state index is 0.0393. The number of nitrogens with one attached hydrogen (secondary N) is 1. The van der Waals surface area contributed by atoms with Gasteiger partial charge in [-0.3, -0.25) is 0 Å². The van der Waals surface area contributed by atoms with Crippen molar-refractivity contribution in [1.29, 1.82) is 5.26 Å². The van der Waals surface area contributed by atoms with E-state index in [2.05, 4.69) is 32.2 Å². The van der Waals surface area contributed by atoms with Crippen molar-refractivity contribution in [3.8, 4) is 6.07 Å². The highest BCUT2D eigenvalue weighted by Crippen LogP contribution is 2.22. The second-order valence-corrected chi connectivity index (χ2v) is 4.67. The molecule has 0 atom stereocenters. The molecule has 0 saturated carbocycles. The van der Waals surface area contributed by atoms with Gasteiger partial charge in [0.25, 0.3) is 0 Å². The Hall–Kier alpha value is -1.69. The number of anilines is 2. The van der Waals surface area contributed by atoms with Gasteiger partial charge in [-0.2, -0.15) is 5.26 Å². The van der Waals surface area contributed by atoms with Crippen molar-refractivity contribution in [2.45, 2.75) is 39.2 Å². The van der Waals surface area contributed by atoms with Gasteiger partial charge in [0, 0.05) is 16.9 Å². The number of hydrogen-bond donors (Lipinski definition) is 2. The lowest BCUT2D eigenvalue weighted by Crippen LogP contribution is -2.30. The summed E-state index contributed by atoms with van der Waals surface area (Å²) in [6.07, 6.45) is 2.21. The third-order valence-electron chi connectivity index (χ3n) is 2.53. The van der Waals surface area contributed by atoms with E-state index in [1.807, 2.05) is 6.07 Å². The van der Waals surface area contributed by atoms with Gasteiger partial charge in [0.2, 0.25) is 0 Å². The standard InChI is InChI=1S/C13H19N3/c1-4-7-13(2,3)16-11-5-6-12(15)10(8-11)9-14/h5-6,8,16H,4,7,15H2,1-3H3. The average Bonchev–Trinajstić information content (AvgIpc) is 2.20. The summed E-state index contributed by atoms with van der Waals surface area (Å²) in [7, 11) is 0. The number of nitrogen functional groups attached to an aromatic ring is 1. The first-order valence-corrected chi connectivity index (χ1v) is 5.56. The molecule has 0 heterocycles. The summed E-state index contributed by atoms with van der Waals surface area (Å²) in [5, 5.41) is 12.3. The fraction of sp³-hybridized carbons (Fsp3) is 0.462. The van der Waals surface area contributed by atoms with Gasteiger partial charge in [-0.05, 0) is 38.5 Å². The van der Waals surface area contributed by atoms with E-state index in [-0.39, 0.29) is 5.54 Å². The highest BCUT2D eigenvalue weighted by molar-refractivity contribution is 5.62. The summed E-state index contributed by atoms with van der Waals surface area (Å²) in [6, 6.07) is 7.56. The van der Waals surface area contributed by atoms with Gasteiger partial charge >= 0.3 is 0 Å². The van der Waals surface area contributed by atoms with Crippen LogP contribution in [0.2, 0.25) is 0 Å². The Balaban J connectivity index is 2.87. The zero-order valence-electron chi connectivity index (χ0n) is 10.2. The van der Waals surface area contributed by atoms with Crippen LogP contribution >= 0.6 is 0 Å². The highest BCUT2D eigenvalue weighted by Gasteiger charge is 2.16. The molecule has 3 heteroatoms. The average molecular weight is 217 g/mol. The molecular formula is C13H19N3. The Morgan fingerprint density at radius 1 is 1.44 bits per heavy atom. The molecule has 0 amide bonds. The monoisotopic (exact) mass is 217 g/mol. The first-order chi connectivity index (χ1) is 7.48. The van der Waals surface area contributed by atoms with Crippen LogP contribution in [0.5, 0.6) is 0 Å². The quantitative estimate of drug-likeness (QED) is 0.762. The molecule has 0 saturated heterocycles. The number of rotatable bonds is 4. The maximum Gasteiger partial charge on any atom is 0.101 e. The fourth-order valence-corrected chi connectivity index (χ4v) is 1.81. The van der Waals surface area contributed by atoms with E-state index in [0.717, 1.165) is 18.5 Å². The van der Waals surface area contributed by atoms with E-state index in [1.54, 1.807) is 12.1 Å². The van der Waals surface area contributed by atoms with Crippen molar-refractivity contribution in [3.05, 3.63) is 23.8 Å². The molecule has 0 aliphatic carbocycles. The molecule has 0 unspecified atom stereocenters. The maximum atomic E-state index is 8.89. The molecule has 3 nitrogen and oxygen atoms in total. The largest absolute Gasteiger partial charge is 0.398 e. The summed E-state index contributed by atoms with van der Waals surface area (Å²) >= 11 is 0. The number of nitriles is 1. The molecule has 1 aromatic rings. The maximum absolute atomic E-state index is 8.89. The first-order valence-electron chi connectivity index (χ1n) is 5.56. The van der Waals surface area contributed by atoms with E-state index < -0.39 is 0 Å². The molecular weight excluding hydrogens is 198 g/mol. The Kier molecular flexibility index (Phi) is 3.78. The highest BCUT2D eigenvalue weighted by atomic mass is 15.0. The number of nitrogens with zero attached hydrogens (tertiary/aromatic N) is 1. The molecule has 0 fully saturated rings. The number of benzene rings is 1. The summed E-state index contributed by atoms with van der Waals surface area (Å²) in [4.78, 5) is 0. The molecule has 0 radical (unpaired) electrons. The van der Waals surface area contributed by atoms with Crippen LogP contribution in [0.15, 0.2) is 18.2 Å². The summed E-state index contributed by atoms with van der Waals surface area (Å²) in [5.74, 6) is 0. The predicted octanol–water partition coefficient (Wildman–Crippen LogP) is 3.13.